The first-order chi connectivity index (χ1) is 10.9. The number of nitrogens with one attached hydrogen (secondary N) is 1. The van der Waals surface area contributed by atoms with E-state index in [9.17, 15) is 0 Å². The summed E-state index contributed by atoms with van der Waals surface area (Å²) in [7, 11) is 1.67. The summed E-state index contributed by atoms with van der Waals surface area (Å²) in [6, 6.07) is 17.8. The molecule has 0 aliphatic carbocycles. The average molecular weight is 295 g/mol. The van der Waals surface area contributed by atoms with Crippen molar-refractivity contribution in [2.24, 2.45) is 0 Å². The van der Waals surface area contributed by atoms with Crippen LogP contribution in [-0.2, 0) is 6.42 Å². The summed E-state index contributed by atoms with van der Waals surface area (Å²) in [5.74, 6) is 1.50. The molecular formula is C16H17N5O. The van der Waals surface area contributed by atoms with Crippen LogP contribution in [0, 0.1) is 0 Å². The van der Waals surface area contributed by atoms with E-state index >= 15 is 0 Å². The highest BCUT2D eigenvalue weighted by Gasteiger charge is 2.06. The number of benzene rings is 2. The zero-order valence-corrected chi connectivity index (χ0v) is 12.3. The second-order valence-corrected chi connectivity index (χ2v) is 4.77. The molecule has 0 atom stereocenters. The number of rotatable bonds is 6. The van der Waals surface area contributed by atoms with E-state index in [0.29, 0.717) is 5.95 Å². The number of anilines is 1. The standard InChI is InChI=1S/C16H17N5O/c1-22-15-9-7-13(8-10-15)11-12-17-16-18-19-20-21(16)14-5-3-2-4-6-14/h2-10H,11-12H2,1H3,(H,17,18,20). The van der Waals surface area contributed by atoms with E-state index in [2.05, 4.69) is 33.0 Å². The van der Waals surface area contributed by atoms with Crippen molar-refractivity contribution in [1.29, 1.82) is 0 Å². The molecule has 22 heavy (non-hydrogen) atoms. The summed E-state index contributed by atoms with van der Waals surface area (Å²) in [4.78, 5) is 0. The molecule has 1 N–H and O–H groups in total. The molecule has 0 amide bonds. The van der Waals surface area contributed by atoms with Crippen LogP contribution >= 0.6 is 0 Å². The largest absolute Gasteiger partial charge is 0.497 e. The molecule has 0 spiro atoms. The van der Waals surface area contributed by atoms with Crippen molar-refractivity contribution < 1.29 is 4.74 Å². The second-order valence-electron chi connectivity index (χ2n) is 4.77. The Hall–Kier alpha value is -2.89. The van der Waals surface area contributed by atoms with E-state index in [1.54, 1.807) is 11.8 Å². The number of tetrazole rings is 1. The number of para-hydroxylation sites is 1. The molecule has 112 valence electrons. The highest BCUT2D eigenvalue weighted by Crippen LogP contribution is 2.13. The lowest BCUT2D eigenvalue weighted by molar-refractivity contribution is 0.414. The first kappa shape index (κ1) is 14.1. The van der Waals surface area contributed by atoms with Gasteiger partial charge in [-0.3, -0.25) is 0 Å². The Kier molecular flexibility index (Phi) is 4.29. The van der Waals surface area contributed by atoms with Crippen LogP contribution in [0.1, 0.15) is 5.56 Å². The van der Waals surface area contributed by atoms with Gasteiger partial charge in [0.15, 0.2) is 0 Å². The molecule has 3 rings (SSSR count). The van der Waals surface area contributed by atoms with Crippen molar-refractivity contribution in [3.05, 3.63) is 60.2 Å². The molecule has 6 nitrogen and oxygen atoms in total. The minimum absolute atomic E-state index is 0.639. The molecular weight excluding hydrogens is 278 g/mol. The van der Waals surface area contributed by atoms with Gasteiger partial charge in [0.05, 0.1) is 12.8 Å². The van der Waals surface area contributed by atoms with E-state index in [1.165, 1.54) is 5.56 Å². The van der Waals surface area contributed by atoms with Gasteiger partial charge in [0.25, 0.3) is 0 Å². The summed E-state index contributed by atoms with van der Waals surface area (Å²) < 4.78 is 6.84. The van der Waals surface area contributed by atoms with Crippen LogP contribution in [0.3, 0.4) is 0 Å². The molecule has 0 unspecified atom stereocenters. The maximum Gasteiger partial charge on any atom is 0.247 e. The Labute approximate surface area is 128 Å². The number of nitrogens with zero attached hydrogens (tertiary/aromatic N) is 4. The van der Waals surface area contributed by atoms with Gasteiger partial charge in [0.2, 0.25) is 5.95 Å². The van der Waals surface area contributed by atoms with Gasteiger partial charge in [-0.05, 0) is 46.7 Å². The lowest BCUT2D eigenvalue weighted by atomic mass is 10.1. The summed E-state index contributed by atoms with van der Waals surface area (Å²) >= 11 is 0. The Morgan fingerprint density at radius 3 is 2.55 bits per heavy atom. The summed E-state index contributed by atoms with van der Waals surface area (Å²) in [6.07, 6.45) is 0.881. The number of hydrogen-bond acceptors (Lipinski definition) is 5. The molecule has 0 aliphatic heterocycles. The number of hydrogen-bond donors (Lipinski definition) is 1. The number of aromatic nitrogens is 4. The van der Waals surface area contributed by atoms with Crippen molar-refractivity contribution in [3.8, 4) is 11.4 Å². The fourth-order valence-electron chi connectivity index (χ4n) is 2.15. The number of methoxy groups -OCH3 is 1. The zero-order chi connectivity index (χ0) is 15.2. The Morgan fingerprint density at radius 1 is 1.05 bits per heavy atom. The zero-order valence-electron chi connectivity index (χ0n) is 12.3. The van der Waals surface area contributed by atoms with Crippen LogP contribution in [0.2, 0.25) is 0 Å². The van der Waals surface area contributed by atoms with Crippen LogP contribution in [0.4, 0.5) is 5.95 Å². The van der Waals surface area contributed by atoms with Crippen LogP contribution in [-0.4, -0.2) is 33.9 Å². The van der Waals surface area contributed by atoms with Gasteiger partial charge < -0.3 is 10.1 Å². The van der Waals surface area contributed by atoms with Gasteiger partial charge in [0.1, 0.15) is 5.75 Å². The molecule has 1 heterocycles. The molecule has 0 saturated carbocycles. The fourth-order valence-corrected chi connectivity index (χ4v) is 2.15. The van der Waals surface area contributed by atoms with Crippen LogP contribution in [0.15, 0.2) is 54.6 Å². The van der Waals surface area contributed by atoms with Crippen LogP contribution in [0.5, 0.6) is 5.75 Å². The van der Waals surface area contributed by atoms with E-state index < -0.39 is 0 Å². The predicted molar refractivity (Wildman–Crippen MR) is 84.3 cm³/mol. The van der Waals surface area contributed by atoms with Crippen LogP contribution in [0.25, 0.3) is 5.69 Å². The van der Waals surface area contributed by atoms with Crippen molar-refractivity contribution in [3.63, 3.8) is 0 Å². The van der Waals surface area contributed by atoms with E-state index in [-0.39, 0.29) is 0 Å². The molecule has 0 fully saturated rings. The Bertz CT molecular complexity index is 709. The van der Waals surface area contributed by atoms with Gasteiger partial charge in [-0.1, -0.05) is 35.4 Å². The highest BCUT2D eigenvalue weighted by molar-refractivity contribution is 5.38. The molecule has 2 aromatic carbocycles. The monoisotopic (exact) mass is 295 g/mol. The van der Waals surface area contributed by atoms with Gasteiger partial charge in [-0.2, -0.15) is 4.68 Å². The maximum atomic E-state index is 5.15. The summed E-state index contributed by atoms with van der Waals surface area (Å²) in [5, 5.41) is 15.0. The van der Waals surface area contributed by atoms with Crippen LogP contribution < -0.4 is 10.1 Å². The molecule has 0 saturated heterocycles. The maximum absolute atomic E-state index is 5.15. The molecule has 1 aromatic heterocycles. The van der Waals surface area contributed by atoms with Gasteiger partial charge >= 0.3 is 0 Å². The molecule has 0 aliphatic rings. The topological polar surface area (TPSA) is 64.9 Å². The van der Waals surface area contributed by atoms with Gasteiger partial charge in [-0.15, -0.1) is 0 Å². The van der Waals surface area contributed by atoms with Crippen molar-refractivity contribution in [1.82, 2.24) is 20.2 Å². The molecule has 6 heteroatoms. The highest BCUT2D eigenvalue weighted by atomic mass is 16.5. The van der Waals surface area contributed by atoms with E-state index in [1.807, 2.05) is 42.5 Å². The van der Waals surface area contributed by atoms with Gasteiger partial charge in [-0.25, -0.2) is 0 Å². The SMILES string of the molecule is COc1ccc(CCNc2nnnn2-c2ccccc2)cc1. The lowest BCUT2D eigenvalue weighted by Gasteiger charge is -2.07. The van der Waals surface area contributed by atoms with Crippen molar-refractivity contribution in [2.75, 3.05) is 19.0 Å². The minimum atomic E-state index is 0.639. The molecule has 3 aromatic rings. The van der Waals surface area contributed by atoms with Crippen molar-refractivity contribution in [2.45, 2.75) is 6.42 Å². The summed E-state index contributed by atoms with van der Waals surface area (Å²) in [5.41, 5.74) is 2.16. The molecule has 0 bridgehead atoms. The van der Waals surface area contributed by atoms with Gasteiger partial charge in [0, 0.05) is 6.54 Å². The third-order valence-electron chi connectivity index (χ3n) is 3.33. The lowest BCUT2D eigenvalue weighted by Crippen LogP contribution is -2.10. The third-order valence-corrected chi connectivity index (χ3v) is 3.33. The van der Waals surface area contributed by atoms with E-state index in [0.717, 1.165) is 24.4 Å². The van der Waals surface area contributed by atoms with Crippen molar-refractivity contribution >= 4 is 5.95 Å². The Morgan fingerprint density at radius 2 is 1.82 bits per heavy atom. The molecule has 0 radical (unpaired) electrons. The quantitative estimate of drug-likeness (QED) is 0.756. The predicted octanol–water partition coefficient (Wildman–Crippen LogP) is 2.33. The first-order valence-electron chi connectivity index (χ1n) is 7.07. The fraction of sp³-hybridized carbons (Fsp3) is 0.188. The van der Waals surface area contributed by atoms with E-state index in [4.69, 9.17) is 4.74 Å². The smallest absolute Gasteiger partial charge is 0.247 e. The summed E-state index contributed by atoms with van der Waals surface area (Å²) in [6.45, 7) is 0.750. The Balaban J connectivity index is 1.61. The number of ether oxygens (including phenoxy) is 1. The third kappa shape index (κ3) is 3.22. The normalized spacial score (nSPS) is 10.4. The second kappa shape index (κ2) is 6.71. The minimum Gasteiger partial charge on any atom is -0.497 e. The first-order valence-corrected chi connectivity index (χ1v) is 7.07. The average Bonchev–Trinajstić information content (AvgIpc) is 3.05.